The maximum absolute atomic E-state index is 5.78. The van der Waals surface area contributed by atoms with E-state index in [1.54, 1.807) is 0 Å². The molecule has 0 aromatic heterocycles. The van der Waals surface area contributed by atoms with E-state index in [4.69, 9.17) is 5.73 Å². The largest absolute Gasteiger partial charge is 0.309 e. The molecule has 2 heterocycles. The van der Waals surface area contributed by atoms with Gasteiger partial charge >= 0.3 is 0 Å². The minimum atomic E-state index is 0.894. The molecule has 2 aliphatic rings. The maximum Gasteiger partial charge on any atom is 0.130 e. The fourth-order valence-corrected chi connectivity index (χ4v) is 2.78. The van der Waals surface area contributed by atoms with Crippen LogP contribution >= 0.6 is 0 Å². The lowest BCUT2D eigenvalue weighted by Crippen LogP contribution is -2.51. The van der Waals surface area contributed by atoms with Crippen LogP contribution in [0.15, 0.2) is 0 Å². The van der Waals surface area contributed by atoms with Crippen molar-refractivity contribution >= 4 is 0 Å². The third-order valence-electron chi connectivity index (χ3n) is 3.42. The van der Waals surface area contributed by atoms with Gasteiger partial charge in [0.15, 0.2) is 0 Å². The summed E-state index contributed by atoms with van der Waals surface area (Å²) in [6, 6.07) is 0.949. The van der Waals surface area contributed by atoms with Crippen LogP contribution < -0.4 is 5.73 Å². The summed E-state index contributed by atoms with van der Waals surface area (Å²) in [7, 11) is 0. The van der Waals surface area contributed by atoms with Gasteiger partial charge in [0, 0.05) is 25.7 Å². The van der Waals surface area contributed by atoms with Crippen molar-refractivity contribution in [2.75, 3.05) is 19.8 Å². The summed E-state index contributed by atoms with van der Waals surface area (Å²) in [4.78, 5) is 0. The molecule has 2 aliphatic heterocycles. The zero-order valence-corrected chi connectivity index (χ0v) is 6.55. The molecule has 0 amide bonds. The standard InChI is InChI=1S/C8H17N2/c9-7-10-5-1-3-8(10)4-2-6-10/h8H,1-7,9H2/q+1. The minimum absolute atomic E-state index is 0.894. The van der Waals surface area contributed by atoms with Crippen LogP contribution in [0, 0.1) is 0 Å². The van der Waals surface area contributed by atoms with E-state index in [0.29, 0.717) is 0 Å². The SMILES string of the molecule is NC[N+]12CCCC1CCC2. The molecule has 10 heavy (non-hydrogen) atoms. The highest BCUT2D eigenvalue weighted by Crippen LogP contribution is 2.34. The molecule has 0 unspecified atom stereocenters. The Bertz CT molecular complexity index is 123. The molecule has 2 saturated heterocycles. The van der Waals surface area contributed by atoms with Gasteiger partial charge in [0.25, 0.3) is 0 Å². The summed E-state index contributed by atoms with van der Waals surface area (Å²) in [5.41, 5.74) is 5.78. The van der Waals surface area contributed by atoms with E-state index in [0.717, 1.165) is 12.7 Å². The van der Waals surface area contributed by atoms with Gasteiger partial charge in [-0.1, -0.05) is 0 Å². The zero-order chi connectivity index (χ0) is 7.03. The molecular formula is C8H17N2+. The van der Waals surface area contributed by atoms with Crippen molar-refractivity contribution in [3.63, 3.8) is 0 Å². The van der Waals surface area contributed by atoms with Crippen LogP contribution in [-0.4, -0.2) is 30.3 Å². The van der Waals surface area contributed by atoms with Crippen LogP contribution in [0.4, 0.5) is 0 Å². The Balaban J connectivity index is 2.15. The molecule has 0 bridgehead atoms. The number of rotatable bonds is 1. The van der Waals surface area contributed by atoms with Crippen molar-refractivity contribution in [3.05, 3.63) is 0 Å². The van der Waals surface area contributed by atoms with Crippen molar-refractivity contribution in [3.8, 4) is 0 Å². The van der Waals surface area contributed by atoms with Gasteiger partial charge in [-0.05, 0) is 0 Å². The predicted octanol–water partition coefficient (Wildman–Crippen LogP) is 0.676. The van der Waals surface area contributed by atoms with Crippen LogP contribution in [-0.2, 0) is 0 Å². The molecule has 0 aromatic carbocycles. The first kappa shape index (κ1) is 6.62. The third-order valence-corrected chi connectivity index (χ3v) is 3.42. The highest BCUT2D eigenvalue weighted by molar-refractivity contribution is 4.73. The van der Waals surface area contributed by atoms with Gasteiger partial charge in [0.05, 0.1) is 19.1 Å². The van der Waals surface area contributed by atoms with Gasteiger partial charge < -0.3 is 4.48 Å². The molecule has 0 radical (unpaired) electrons. The van der Waals surface area contributed by atoms with Crippen molar-refractivity contribution in [1.82, 2.24) is 0 Å². The van der Waals surface area contributed by atoms with E-state index in [2.05, 4.69) is 0 Å². The Hall–Kier alpha value is -0.0800. The molecule has 2 nitrogen and oxygen atoms in total. The van der Waals surface area contributed by atoms with Crippen molar-refractivity contribution < 1.29 is 4.48 Å². The van der Waals surface area contributed by atoms with Gasteiger partial charge in [0.1, 0.15) is 6.67 Å². The molecule has 0 atom stereocenters. The van der Waals surface area contributed by atoms with E-state index in [9.17, 15) is 0 Å². The first-order chi connectivity index (χ1) is 4.87. The minimum Gasteiger partial charge on any atom is -0.309 e. The summed E-state index contributed by atoms with van der Waals surface area (Å²) in [6.45, 7) is 3.62. The second kappa shape index (κ2) is 2.21. The molecule has 2 heteroatoms. The molecule has 0 aliphatic carbocycles. The second-order valence-electron chi connectivity index (χ2n) is 3.79. The van der Waals surface area contributed by atoms with Crippen LogP contribution in [0.3, 0.4) is 0 Å². The van der Waals surface area contributed by atoms with E-state index in [1.807, 2.05) is 0 Å². The summed E-state index contributed by atoms with van der Waals surface area (Å²) >= 11 is 0. The van der Waals surface area contributed by atoms with Gasteiger partial charge in [0.2, 0.25) is 0 Å². The van der Waals surface area contributed by atoms with E-state index in [-0.39, 0.29) is 0 Å². The van der Waals surface area contributed by atoms with Gasteiger partial charge in [-0.2, -0.15) is 0 Å². The summed E-state index contributed by atoms with van der Waals surface area (Å²) in [5.74, 6) is 0. The van der Waals surface area contributed by atoms with Crippen molar-refractivity contribution in [2.24, 2.45) is 5.73 Å². The molecule has 0 saturated carbocycles. The normalized spacial score (nSPS) is 45.9. The quantitative estimate of drug-likeness (QED) is 0.534. The molecule has 2 N–H and O–H groups in total. The number of nitrogens with two attached hydrogens (primary N) is 1. The monoisotopic (exact) mass is 141 g/mol. The van der Waals surface area contributed by atoms with Gasteiger partial charge in [-0.3, -0.25) is 5.73 Å². The molecule has 2 fully saturated rings. The zero-order valence-electron chi connectivity index (χ0n) is 6.55. The van der Waals surface area contributed by atoms with E-state index < -0.39 is 0 Å². The highest BCUT2D eigenvalue weighted by Gasteiger charge is 2.44. The fraction of sp³-hybridized carbons (Fsp3) is 1.00. The Morgan fingerprint density at radius 3 is 2.20 bits per heavy atom. The lowest BCUT2D eigenvalue weighted by atomic mass is 10.2. The van der Waals surface area contributed by atoms with E-state index >= 15 is 0 Å². The molecular weight excluding hydrogens is 124 g/mol. The van der Waals surface area contributed by atoms with Crippen molar-refractivity contribution in [1.29, 1.82) is 0 Å². The predicted molar refractivity (Wildman–Crippen MR) is 41.3 cm³/mol. The molecule has 2 rings (SSSR count). The number of hydrogen-bond acceptors (Lipinski definition) is 1. The van der Waals surface area contributed by atoms with Crippen LogP contribution in [0.25, 0.3) is 0 Å². The number of hydrogen-bond donors (Lipinski definition) is 1. The first-order valence-corrected chi connectivity index (χ1v) is 4.43. The third kappa shape index (κ3) is 0.722. The summed E-state index contributed by atoms with van der Waals surface area (Å²) < 4.78 is 1.26. The average Bonchev–Trinajstić information content (AvgIpc) is 2.42. The van der Waals surface area contributed by atoms with Crippen LogP contribution in [0.1, 0.15) is 25.7 Å². The lowest BCUT2D eigenvalue weighted by Gasteiger charge is -2.32. The Morgan fingerprint density at radius 2 is 1.80 bits per heavy atom. The summed E-state index contributed by atoms with van der Waals surface area (Å²) in [5, 5.41) is 0. The average molecular weight is 141 g/mol. The Morgan fingerprint density at radius 1 is 1.20 bits per heavy atom. The Kier molecular flexibility index (Phi) is 1.46. The van der Waals surface area contributed by atoms with E-state index in [1.165, 1.54) is 43.3 Å². The smallest absolute Gasteiger partial charge is 0.130 e. The number of nitrogens with zero attached hydrogens (tertiary/aromatic N) is 1. The highest BCUT2D eigenvalue weighted by atomic mass is 15.4. The summed E-state index contributed by atoms with van der Waals surface area (Å²) in [6.07, 6.45) is 5.72. The topological polar surface area (TPSA) is 26.0 Å². The number of quaternary nitrogens is 1. The molecule has 0 spiro atoms. The van der Waals surface area contributed by atoms with Crippen LogP contribution in [0.5, 0.6) is 0 Å². The van der Waals surface area contributed by atoms with Crippen LogP contribution in [0.2, 0.25) is 0 Å². The lowest BCUT2D eigenvalue weighted by molar-refractivity contribution is -0.927. The van der Waals surface area contributed by atoms with Gasteiger partial charge in [-0.15, -0.1) is 0 Å². The van der Waals surface area contributed by atoms with Gasteiger partial charge in [-0.25, -0.2) is 0 Å². The second-order valence-corrected chi connectivity index (χ2v) is 3.79. The molecule has 0 aromatic rings. The Labute approximate surface area is 62.6 Å². The maximum atomic E-state index is 5.78. The number of fused-ring (bicyclic) bond motifs is 1. The van der Waals surface area contributed by atoms with Crippen molar-refractivity contribution in [2.45, 2.75) is 31.7 Å². The fourth-order valence-electron chi connectivity index (χ4n) is 2.78. The molecule has 58 valence electrons. The first-order valence-electron chi connectivity index (χ1n) is 4.43.